The second-order valence-electron chi connectivity index (χ2n) is 6.47. The summed E-state index contributed by atoms with van der Waals surface area (Å²) in [4.78, 5) is 11.0. The first kappa shape index (κ1) is 17.0. The fourth-order valence-electron chi connectivity index (χ4n) is 3.09. The molecule has 26 heavy (non-hydrogen) atoms. The molecule has 1 atom stereocenters. The van der Waals surface area contributed by atoms with E-state index in [1.54, 1.807) is 6.20 Å². The summed E-state index contributed by atoms with van der Waals surface area (Å²) in [5, 5.41) is 14.5. The molecule has 0 amide bonds. The fraction of sp³-hybridized carbons (Fsp3) is 0.316. The van der Waals surface area contributed by atoms with E-state index in [-0.39, 0.29) is 6.10 Å². The summed E-state index contributed by atoms with van der Waals surface area (Å²) < 4.78 is 5.37. The molecule has 0 saturated carbocycles. The van der Waals surface area contributed by atoms with Crippen LogP contribution in [0.5, 0.6) is 0 Å². The highest BCUT2D eigenvalue weighted by Crippen LogP contribution is 2.22. The molecule has 1 N–H and O–H groups in total. The number of halogens is 1. The van der Waals surface area contributed by atoms with Crippen molar-refractivity contribution in [2.45, 2.75) is 25.4 Å². The van der Waals surface area contributed by atoms with Crippen LogP contribution in [-0.4, -0.2) is 39.4 Å². The number of aliphatic hydroxyl groups is 1. The Morgan fingerprint density at radius 3 is 2.77 bits per heavy atom. The molecule has 0 spiro atoms. The first-order valence-corrected chi connectivity index (χ1v) is 9.01. The Balaban J connectivity index is 1.46. The lowest BCUT2D eigenvalue weighted by molar-refractivity contribution is 0.154. The summed E-state index contributed by atoms with van der Waals surface area (Å²) in [5.41, 5.74) is 1.85. The maximum Gasteiger partial charge on any atom is 0.259 e. The average Bonchev–Trinajstić information content (AvgIpc) is 3.12. The van der Waals surface area contributed by atoms with Gasteiger partial charge in [0.25, 0.3) is 5.89 Å². The molecule has 1 fully saturated rings. The maximum atomic E-state index is 9.80. The van der Waals surface area contributed by atoms with E-state index in [1.165, 1.54) is 0 Å². The molecule has 3 aromatic rings. The number of hydrogen-bond donors (Lipinski definition) is 1. The van der Waals surface area contributed by atoms with Crippen molar-refractivity contribution in [3.8, 4) is 11.5 Å². The maximum absolute atomic E-state index is 9.80. The smallest absolute Gasteiger partial charge is 0.259 e. The van der Waals surface area contributed by atoms with Crippen LogP contribution >= 0.6 is 11.6 Å². The second-order valence-corrected chi connectivity index (χ2v) is 6.90. The van der Waals surface area contributed by atoms with Crippen molar-refractivity contribution in [2.24, 2.45) is 0 Å². The molecule has 134 valence electrons. The highest BCUT2D eigenvalue weighted by atomic mass is 35.5. The topological polar surface area (TPSA) is 75.3 Å². The molecule has 0 radical (unpaired) electrons. The third-order valence-corrected chi connectivity index (χ3v) is 4.71. The van der Waals surface area contributed by atoms with Crippen molar-refractivity contribution in [2.75, 3.05) is 18.0 Å². The molecule has 1 aromatic carbocycles. The number of aromatic nitrogens is 3. The summed E-state index contributed by atoms with van der Waals surface area (Å²) in [6.45, 7) is 1.54. The van der Waals surface area contributed by atoms with Gasteiger partial charge in [0.05, 0.1) is 11.7 Å². The van der Waals surface area contributed by atoms with Crippen LogP contribution in [0.1, 0.15) is 24.2 Å². The highest BCUT2D eigenvalue weighted by molar-refractivity contribution is 6.30. The number of hydrogen-bond acceptors (Lipinski definition) is 6. The Kier molecular flexibility index (Phi) is 4.86. The van der Waals surface area contributed by atoms with Crippen LogP contribution in [0.25, 0.3) is 11.5 Å². The van der Waals surface area contributed by atoms with E-state index in [1.807, 2.05) is 36.4 Å². The van der Waals surface area contributed by atoms with Gasteiger partial charge in [-0.25, -0.2) is 4.98 Å². The standard InChI is InChI=1S/C19H19ClN4O2/c20-15-6-3-13(4-7-15)10-17-22-19(26-23-17)14-5-8-18(21-11-14)24-9-1-2-16(25)12-24/h3-8,11,16,25H,1-2,9-10,12H2/t16-/m0/s1. The monoisotopic (exact) mass is 370 g/mol. The van der Waals surface area contributed by atoms with Gasteiger partial charge in [0, 0.05) is 30.7 Å². The van der Waals surface area contributed by atoms with Gasteiger partial charge in [0.1, 0.15) is 5.82 Å². The highest BCUT2D eigenvalue weighted by Gasteiger charge is 2.19. The minimum atomic E-state index is -0.281. The summed E-state index contributed by atoms with van der Waals surface area (Å²) in [6.07, 6.45) is 3.86. The van der Waals surface area contributed by atoms with E-state index in [9.17, 15) is 5.11 Å². The minimum absolute atomic E-state index is 0.281. The van der Waals surface area contributed by atoms with Crippen LogP contribution in [-0.2, 0) is 6.42 Å². The molecular weight excluding hydrogens is 352 g/mol. The van der Waals surface area contributed by atoms with Crippen molar-refractivity contribution >= 4 is 17.4 Å². The Labute approximate surface area is 156 Å². The first-order valence-electron chi connectivity index (χ1n) is 8.64. The number of anilines is 1. The van der Waals surface area contributed by atoms with Gasteiger partial charge in [-0.15, -0.1) is 0 Å². The van der Waals surface area contributed by atoms with E-state index < -0.39 is 0 Å². The van der Waals surface area contributed by atoms with Crippen LogP contribution in [0.3, 0.4) is 0 Å². The quantitative estimate of drug-likeness (QED) is 0.759. The number of β-amino-alcohol motifs (C(OH)–C–C–N with tert-alkyl or cyclic N) is 1. The van der Waals surface area contributed by atoms with Gasteiger partial charge in [-0.05, 0) is 42.7 Å². The summed E-state index contributed by atoms with van der Waals surface area (Å²) in [6, 6.07) is 11.4. The summed E-state index contributed by atoms with van der Waals surface area (Å²) in [5.74, 6) is 1.92. The molecule has 0 bridgehead atoms. The van der Waals surface area contributed by atoms with Gasteiger partial charge >= 0.3 is 0 Å². The third-order valence-electron chi connectivity index (χ3n) is 4.46. The molecule has 4 rings (SSSR count). The van der Waals surface area contributed by atoms with Gasteiger partial charge in [0.15, 0.2) is 5.82 Å². The number of nitrogens with zero attached hydrogens (tertiary/aromatic N) is 4. The third kappa shape index (κ3) is 3.86. The van der Waals surface area contributed by atoms with Crippen LogP contribution in [0.4, 0.5) is 5.82 Å². The minimum Gasteiger partial charge on any atom is -0.391 e. The van der Waals surface area contributed by atoms with Gasteiger partial charge in [0.2, 0.25) is 0 Å². The van der Waals surface area contributed by atoms with Crippen molar-refractivity contribution in [3.05, 3.63) is 59.0 Å². The zero-order chi connectivity index (χ0) is 17.9. The molecule has 6 nitrogen and oxygen atoms in total. The van der Waals surface area contributed by atoms with Crippen molar-refractivity contribution < 1.29 is 9.63 Å². The lowest BCUT2D eigenvalue weighted by Gasteiger charge is -2.30. The van der Waals surface area contributed by atoms with Crippen LogP contribution < -0.4 is 4.90 Å². The zero-order valence-electron chi connectivity index (χ0n) is 14.2. The van der Waals surface area contributed by atoms with Crippen LogP contribution in [0, 0.1) is 0 Å². The van der Waals surface area contributed by atoms with Gasteiger partial charge in [-0.2, -0.15) is 4.98 Å². The Morgan fingerprint density at radius 1 is 1.19 bits per heavy atom. The summed E-state index contributed by atoms with van der Waals surface area (Å²) in [7, 11) is 0. The molecule has 0 unspecified atom stereocenters. The van der Waals surface area contributed by atoms with E-state index in [0.29, 0.717) is 29.7 Å². The molecule has 7 heteroatoms. The molecule has 1 saturated heterocycles. The van der Waals surface area contributed by atoms with Gasteiger partial charge in [-0.3, -0.25) is 0 Å². The predicted octanol–water partition coefficient (Wildman–Crippen LogP) is 3.34. The second kappa shape index (κ2) is 7.43. The van der Waals surface area contributed by atoms with Crippen molar-refractivity contribution in [3.63, 3.8) is 0 Å². The van der Waals surface area contributed by atoms with Crippen molar-refractivity contribution in [1.82, 2.24) is 15.1 Å². The van der Waals surface area contributed by atoms with E-state index in [2.05, 4.69) is 20.0 Å². The lowest BCUT2D eigenvalue weighted by Crippen LogP contribution is -2.38. The first-order chi connectivity index (χ1) is 12.7. The van der Waals surface area contributed by atoms with Crippen LogP contribution in [0.2, 0.25) is 5.02 Å². The van der Waals surface area contributed by atoms with E-state index in [0.717, 1.165) is 36.3 Å². The number of aliphatic hydroxyl groups excluding tert-OH is 1. The average molecular weight is 371 g/mol. The molecule has 2 aromatic heterocycles. The van der Waals surface area contributed by atoms with Gasteiger partial charge < -0.3 is 14.5 Å². The SMILES string of the molecule is O[C@H]1CCCN(c2ccc(-c3nc(Cc4ccc(Cl)cc4)no3)cn2)C1. The van der Waals surface area contributed by atoms with Gasteiger partial charge in [-0.1, -0.05) is 28.9 Å². The predicted molar refractivity (Wildman–Crippen MR) is 99.2 cm³/mol. The molecule has 1 aliphatic heterocycles. The number of pyridine rings is 1. The number of piperidine rings is 1. The fourth-order valence-corrected chi connectivity index (χ4v) is 3.22. The largest absolute Gasteiger partial charge is 0.391 e. The molecular formula is C19H19ClN4O2. The number of rotatable bonds is 4. The Hall–Kier alpha value is -2.44. The summed E-state index contributed by atoms with van der Waals surface area (Å²) >= 11 is 5.90. The molecule has 3 heterocycles. The van der Waals surface area contributed by atoms with Crippen LogP contribution in [0.15, 0.2) is 47.1 Å². The van der Waals surface area contributed by atoms with E-state index >= 15 is 0 Å². The zero-order valence-corrected chi connectivity index (χ0v) is 14.9. The Bertz CT molecular complexity index is 864. The lowest BCUT2D eigenvalue weighted by atomic mass is 10.1. The normalized spacial score (nSPS) is 17.5. The molecule has 0 aliphatic carbocycles. The van der Waals surface area contributed by atoms with E-state index in [4.69, 9.17) is 16.1 Å². The number of benzene rings is 1. The Morgan fingerprint density at radius 2 is 2.04 bits per heavy atom. The molecule has 1 aliphatic rings. The van der Waals surface area contributed by atoms with Crippen molar-refractivity contribution in [1.29, 1.82) is 0 Å².